The highest BCUT2D eigenvalue weighted by Gasteiger charge is 2.33. The Hall–Kier alpha value is -0.910. The summed E-state index contributed by atoms with van der Waals surface area (Å²) in [6.45, 7) is 8.85. The minimum atomic E-state index is 0.172. The topological polar surface area (TPSA) is 47.7 Å². The minimum Gasteiger partial charge on any atom is -0.486 e. The van der Waals surface area contributed by atoms with Gasteiger partial charge in [0.2, 0.25) is 0 Å². The van der Waals surface area contributed by atoms with E-state index in [1.807, 2.05) is 0 Å². The molecule has 0 saturated carbocycles. The SMILES string of the molecule is CSc1cc2c(cc1CN1CCC(N)C(C)(C)C1)OCCO2. The smallest absolute Gasteiger partial charge is 0.162 e. The van der Waals surface area contributed by atoms with Gasteiger partial charge in [-0.2, -0.15) is 0 Å². The Morgan fingerprint density at radius 3 is 2.59 bits per heavy atom. The molecule has 2 N–H and O–H groups in total. The third-order valence-corrected chi connectivity index (χ3v) is 5.55. The summed E-state index contributed by atoms with van der Waals surface area (Å²) in [6, 6.07) is 4.57. The highest BCUT2D eigenvalue weighted by Crippen LogP contribution is 2.38. The van der Waals surface area contributed by atoms with Crippen molar-refractivity contribution in [2.45, 2.75) is 37.8 Å². The molecule has 2 aliphatic heterocycles. The summed E-state index contributed by atoms with van der Waals surface area (Å²) in [6.07, 6.45) is 3.18. The van der Waals surface area contributed by atoms with Gasteiger partial charge >= 0.3 is 0 Å². The van der Waals surface area contributed by atoms with Gasteiger partial charge in [0.05, 0.1) is 0 Å². The van der Waals surface area contributed by atoms with Gasteiger partial charge in [0.25, 0.3) is 0 Å². The van der Waals surface area contributed by atoms with Crippen LogP contribution < -0.4 is 15.2 Å². The second kappa shape index (κ2) is 6.30. The maximum absolute atomic E-state index is 6.25. The first kappa shape index (κ1) is 16.0. The van der Waals surface area contributed by atoms with Crippen molar-refractivity contribution in [1.82, 2.24) is 4.90 Å². The Labute approximate surface area is 137 Å². The molecule has 0 radical (unpaired) electrons. The maximum Gasteiger partial charge on any atom is 0.162 e. The summed E-state index contributed by atoms with van der Waals surface area (Å²) in [4.78, 5) is 3.78. The van der Waals surface area contributed by atoms with Crippen LogP contribution >= 0.6 is 11.8 Å². The highest BCUT2D eigenvalue weighted by molar-refractivity contribution is 7.98. The van der Waals surface area contributed by atoms with Gasteiger partial charge in [-0.05, 0) is 35.8 Å². The molecule has 5 heteroatoms. The van der Waals surface area contributed by atoms with Gasteiger partial charge in [-0.1, -0.05) is 13.8 Å². The van der Waals surface area contributed by atoms with Crippen molar-refractivity contribution >= 4 is 11.8 Å². The number of rotatable bonds is 3. The third kappa shape index (κ3) is 3.21. The van der Waals surface area contributed by atoms with E-state index < -0.39 is 0 Å². The van der Waals surface area contributed by atoms with E-state index in [9.17, 15) is 0 Å². The first-order valence-electron chi connectivity index (χ1n) is 7.94. The van der Waals surface area contributed by atoms with Gasteiger partial charge in [-0.15, -0.1) is 11.8 Å². The summed E-state index contributed by atoms with van der Waals surface area (Å²) in [5, 5.41) is 0. The molecule has 3 rings (SSSR count). The Morgan fingerprint density at radius 1 is 1.27 bits per heavy atom. The Morgan fingerprint density at radius 2 is 1.95 bits per heavy atom. The quantitative estimate of drug-likeness (QED) is 0.867. The first-order chi connectivity index (χ1) is 10.5. The molecule has 1 aromatic carbocycles. The van der Waals surface area contributed by atoms with Crippen LogP contribution in [0.25, 0.3) is 0 Å². The van der Waals surface area contributed by atoms with Crippen molar-refractivity contribution in [3.8, 4) is 11.5 Å². The van der Waals surface area contributed by atoms with Crippen LogP contribution in [0.15, 0.2) is 17.0 Å². The number of fused-ring (bicyclic) bond motifs is 1. The van der Waals surface area contributed by atoms with Gasteiger partial charge in [-0.25, -0.2) is 0 Å². The van der Waals surface area contributed by atoms with Crippen molar-refractivity contribution in [3.63, 3.8) is 0 Å². The molecule has 0 aliphatic carbocycles. The van der Waals surface area contributed by atoms with Gasteiger partial charge in [0, 0.05) is 30.6 Å². The van der Waals surface area contributed by atoms with Crippen LogP contribution in [0.4, 0.5) is 0 Å². The fourth-order valence-electron chi connectivity index (χ4n) is 3.29. The van der Waals surface area contributed by atoms with Crippen molar-refractivity contribution in [3.05, 3.63) is 17.7 Å². The number of nitrogens with zero attached hydrogens (tertiary/aromatic N) is 1. The lowest BCUT2D eigenvalue weighted by Gasteiger charge is -2.42. The average molecular weight is 322 g/mol. The Kier molecular flexibility index (Phi) is 4.57. The maximum atomic E-state index is 6.25. The van der Waals surface area contributed by atoms with E-state index in [1.54, 1.807) is 11.8 Å². The number of piperidine rings is 1. The fourth-order valence-corrected chi connectivity index (χ4v) is 3.90. The molecule has 4 nitrogen and oxygen atoms in total. The zero-order chi connectivity index (χ0) is 15.7. The molecule has 1 aromatic rings. The normalized spacial score (nSPS) is 24.3. The van der Waals surface area contributed by atoms with E-state index in [1.165, 1.54) is 10.5 Å². The second-order valence-corrected chi connectivity index (χ2v) is 7.75. The average Bonchev–Trinajstić information content (AvgIpc) is 2.50. The molecule has 1 fully saturated rings. The zero-order valence-electron chi connectivity index (χ0n) is 13.7. The van der Waals surface area contributed by atoms with E-state index in [2.05, 4.69) is 37.1 Å². The zero-order valence-corrected chi connectivity index (χ0v) is 14.5. The van der Waals surface area contributed by atoms with E-state index in [0.717, 1.165) is 37.6 Å². The predicted octanol–water partition coefficient (Wildman–Crippen LogP) is 2.74. The summed E-state index contributed by atoms with van der Waals surface area (Å²) < 4.78 is 11.4. The molecule has 1 unspecified atom stereocenters. The molecule has 0 aromatic heterocycles. The Balaban J connectivity index is 1.80. The Bertz CT molecular complexity index is 548. The lowest BCUT2D eigenvalue weighted by Crippen LogP contribution is -2.52. The number of hydrogen-bond donors (Lipinski definition) is 1. The molecule has 2 heterocycles. The van der Waals surface area contributed by atoms with Crippen LogP contribution in [-0.4, -0.2) is 43.5 Å². The lowest BCUT2D eigenvalue weighted by atomic mass is 9.79. The number of hydrogen-bond acceptors (Lipinski definition) is 5. The second-order valence-electron chi connectivity index (χ2n) is 6.90. The van der Waals surface area contributed by atoms with Crippen LogP contribution in [0.5, 0.6) is 11.5 Å². The fraction of sp³-hybridized carbons (Fsp3) is 0.647. The molecule has 0 amide bonds. The van der Waals surface area contributed by atoms with E-state index >= 15 is 0 Å². The lowest BCUT2D eigenvalue weighted by molar-refractivity contribution is 0.0890. The van der Waals surface area contributed by atoms with Crippen LogP contribution in [0.3, 0.4) is 0 Å². The van der Waals surface area contributed by atoms with Gasteiger partial charge < -0.3 is 15.2 Å². The standard InChI is InChI=1S/C17H26N2O2S/c1-17(2)11-19(5-4-16(17)18)10-12-8-13-14(9-15(12)22-3)21-7-6-20-13/h8-9,16H,4-7,10-11,18H2,1-3H3. The van der Waals surface area contributed by atoms with E-state index in [-0.39, 0.29) is 5.41 Å². The van der Waals surface area contributed by atoms with Gasteiger partial charge in [-0.3, -0.25) is 4.90 Å². The number of likely N-dealkylation sites (tertiary alicyclic amines) is 1. The van der Waals surface area contributed by atoms with Gasteiger partial charge in [0.15, 0.2) is 11.5 Å². The molecule has 1 saturated heterocycles. The molecule has 1 atom stereocenters. The number of nitrogens with two attached hydrogens (primary N) is 1. The molecule has 122 valence electrons. The van der Waals surface area contributed by atoms with Crippen LogP contribution in [0.2, 0.25) is 0 Å². The largest absolute Gasteiger partial charge is 0.486 e. The summed E-state index contributed by atoms with van der Waals surface area (Å²) in [5.41, 5.74) is 7.74. The summed E-state index contributed by atoms with van der Waals surface area (Å²) >= 11 is 1.77. The van der Waals surface area contributed by atoms with Crippen LogP contribution in [0.1, 0.15) is 25.8 Å². The highest BCUT2D eigenvalue weighted by atomic mass is 32.2. The summed E-state index contributed by atoms with van der Waals surface area (Å²) in [5.74, 6) is 1.76. The van der Waals surface area contributed by atoms with Crippen LogP contribution in [-0.2, 0) is 6.54 Å². The molecule has 22 heavy (non-hydrogen) atoms. The van der Waals surface area contributed by atoms with E-state index in [4.69, 9.17) is 15.2 Å². The monoisotopic (exact) mass is 322 g/mol. The van der Waals surface area contributed by atoms with Crippen molar-refractivity contribution in [2.75, 3.05) is 32.6 Å². The minimum absolute atomic E-state index is 0.172. The van der Waals surface area contributed by atoms with Crippen molar-refractivity contribution in [1.29, 1.82) is 0 Å². The first-order valence-corrected chi connectivity index (χ1v) is 9.16. The number of benzene rings is 1. The molecular weight excluding hydrogens is 296 g/mol. The van der Waals surface area contributed by atoms with Crippen molar-refractivity contribution < 1.29 is 9.47 Å². The van der Waals surface area contributed by atoms with E-state index in [0.29, 0.717) is 19.3 Å². The third-order valence-electron chi connectivity index (χ3n) is 4.73. The molecule has 2 aliphatic rings. The molecular formula is C17H26N2O2S. The number of ether oxygens (including phenoxy) is 2. The van der Waals surface area contributed by atoms with Crippen molar-refractivity contribution in [2.24, 2.45) is 11.1 Å². The van der Waals surface area contributed by atoms with Crippen LogP contribution in [0, 0.1) is 5.41 Å². The predicted molar refractivity (Wildman–Crippen MR) is 90.9 cm³/mol. The molecule has 0 spiro atoms. The molecule has 0 bridgehead atoms. The number of thioether (sulfide) groups is 1. The van der Waals surface area contributed by atoms with Gasteiger partial charge in [0.1, 0.15) is 13.2 Å². The summed E-state index contributed by atoms with van der Waals surface area (Å²) in [7, 11) is 0.